The van der Waals surface area contributed by atoms with Gasteiger partial charge in [0.2, 0.25) is 0 Å². The van der Waals surface area contributed by atoms with Gasteiger partial charge in [-0.15, -0.1) is 0 Å². The standard InChI is InChI=1S/C12H27N3O3S/c1-9(2)12(5,8-13)14-19(16,17)15-6-10(3)18-11(4)7-15/h9-11,14H,6-8,13H2,1-5H3. The molecule has 1 rings (SSSR count). The van der Waals surface area contributed by atoms with Crippen molar-refractivity contribution in [3.05, 3.63) is 0 Å². The summed E-state index contributed by atoms with van der Waals surface area (Å²) in [5.41, 5.74) is 5.09. The molecule has 0 aromatic rings. The molecule has 1 aliphatic rings. The SMILES string of the molecule is CC1CN(S(=O)(=O)NC(C)(CN)C(C)C)CC(C)O1. The van der Waals surface area contributed by atoms with E-state index < -0.39 is 15.7 Å². The first kappa shape index (κ1) is 16.8. The summed E-state index contributed by atoms with van der Waals surface area (Å²) in [5.74, 6) is 0.114. The Kier molecular flexibility index (Phi) is 5.36. The van der Waals surface area contributed by atoms with E-state index in [0.29, 0.717) is 13.1 Å². The topological polar surface area (TPSA) is 84.7 Å². The predicted octanol–water partition coefficient (Wildman–Crippen LogP) is 0.303. The van der Waals surface area contributed by atoms with Crippen LogP contribution in [-0.4, -0.2) is 50.1 Å². The number of hydrogen-bond donors (Lipinski definition) is 2. The van der Waals surface area contributed by atoms with Crippen LogP contribution < -0.4 is 10.5 Å². The molecule has 3 N–H and O–H groups in total. The predicted molar refractivity (Wildman–Crippen MR) is 75.9 cm³/mol. The van der Waals surface area contributed by atoms with Gasteiger partial charge in [-0.1, -0.05) is 13.8 Å². The van der Waals surface area contributed by atoms with Crippen molar-refractivity contribution in [3.8, 4) is 0 Å². The maximum absolute atomic E-state index is 12.5. The van der Waals surface area contributed by atoms with Crippen molar-refractivity contribution in [3.63, 3.8) is 0 Å². The van der Waals surface area contributed by atoms with Crippen molar-refractivity contribution in [2.45, 2.75) is 52.4 Å². The van der Waals surface area contributed by atoms with Gasteiger partial charge in [0.1, 0.15) is 0 Å². The average Bonchev–Trinajstić information content (AvgIpc) is 2.26. The first-order valence-corrected chi connectivity index (χ1v) is 8.19. The number of rotatable bonds is 5. The van der Waals surface area contributed by atoms with Crippen molar-refractivity contribution in [1.29, 1.82) is 0 Å². The molecule has 1 saturated heterocycles. The molecule has 6 nitrogen and oxygen atoms in total. The van der Waals surface area contributed by atoms with Crippen molar-refractivity contribution in [2.75, 3.05) is 19.6 Å². The summed E-state index contributed by atoms with van der Waals surface area (Å²) in [6.07, 6.45) is -0.188. The van der Waals surface area contributed by atoms with Crippen molar-refractivity contribution in [1.82, 2.24) is 9.03 Å². The maximum Gasteiger partial charge on any atom is 0.280 e. The third kappa shape index (κ3) is 4.13. The second-order valence-electron chi connectivity index (χ2n) is 5.96. The van der Waals surface area contributed by atoms with Gasteiger partial charge >= 0.3 is 0 Å². The summed E-state index contributed by atoms with van der Waals surface area (Å²) in [7, 11) is -3.54. The normalized spacial score (nSPS) is 29.4. The van der Waals surface area contributed by atoms with Gasteiger partial charge in [0, 0.05) is 25.2 Å². The molecular weight excluding hydrogens is 266 g/mol. The smallest absolute Gasteiger partial charge is 0.280 e. The third-order valence-electron chi connectivity index (χ3n) is 3.79. The lowest BCUT2D eigenvalue weighted by molar-refractivity contribution is -0.0446. The molecule has 0 bridgehead atoms. The van der Waals surface area contributed by atoms with Gasteiger partial charge in [-0.25, -0.2) is 0 Å². The van der Waals surface area contributed by atoms with Crippen LogP contribution in [0.2, 0.25) is 0 Å². The fourth-order valence-corrected chi connectivity index (χ4v) is 3.93. The van der Waals surface area contributed by atoms with Crippen LogP contribution in [0.3, 0.4) is 0 Å². The Bertz CT molecular complexity index is 389. The van der Waals surface area contributed by atoms with E-state index in [4.69, 9.17) is 10.5 Å². The number of morpholine rings is 1. The van der Waals surface area contributed by atoms with Gasteiger partial charge in [0.05, 0.1) is 12.2 Å². The van der Waals surface area contributed by atoms with Crippen LogP contribution in [0.1, 0.15) is 34.6 Å². The molecule has 0 aliphatic carbocycles. The molecule has 7 heteroatoms. The number of nitrogens with one attached hydrogen (secondary N) is 1. The van der Waals surface area contributed by atoms with E-state index in [1.165, 1.54) is 4.31 Å². The Morgan fingerprint density at radius 2 is 1.84 bits per heavy atom. The van der Waals surface area contributed by atoms with Crippen LogP contribution in [-0.2, 0) is 14.9 Å². The lowest BCUT2D eigenvalue weighted by Crippen LogP contribution is -2.60. The number of hydrogen-bond acceptors (Lipinski definition) is 4. The lowest BCUT2D eigenvalue weighted by atomic mass is 9.90. The largest absolute Gasteiger partial charge is 0.373 e. The Balaban J connectivity index is 2.86. The molecule has 114 valence electrons. The highest BCUT2D eigenvalue weighted by molar-refractivity contribution is 7.87. The Morgan fingerprint density at radius 1 is 1.37 bits per heavy atom. The molecular formula is C12H27N3O3S. The minimum absolute atomic E-state index is 0.0940. The molecule has 0 spiro atoms. The van der Waals surface area contributed by atoms with Crippen LogP contribution in [0.4, 0.5) is 0 Å². The van der Waals surface area contributed by atoms with Gasteiger partial charge < -0.3 is 10.5 Å². The van der Waals surface area contributed by atoms with E-state index in [9.17, 15) is 8.42 Å². The van der Waals surface area contributed by atoms with Gasteiger partial charge in [-0.3, -0.25) is 0 Å². The summed E-state index contributed by atoms with van der Waals surface area (Å²) >= 11 is 0. The molecule has 0 radical (unpaired) electrons. The fourth-order valence-electron chi connectivity index (χ4n) is 2.08. The van der Waals surface area contributed by atoms with E-state index in [2.05, 4.69) is 4.72 Å². The van der Waals surface area contributed by atoms with E-state index >= 15 is 0 Å². The monoisotopic (exact) mass is 293 g/mol. The minimum Gasteiger partial charge on any atom is -0.373 e. The highest BCUT2D eigenvalue weighted by Crippen LogP contribution is 2.19. The van der Waals surface area contributed by atoms with Crippen LogP contribution in [0.5, 0.6) is 0 Å². The Morgan fingerprint density at radius 3 is 2.21 bits per heavy atom. The van der Waals surface area contributed by atoms with E-state index in [1.54, 1.807) is 0 Å². The molecule has 3 atom stereocenters. The molecule has 19 heavy (non-hydrogen) atoms. The number of nitrogens with two attached hydrogens (primary N) is 1. The summed E-state index contributed by atoms with van der Waals surface area (Å²) in [6, 6.07) is 0. The van der Waals surface area contributed by atoms with Crippen LogP contribution in [0, 0.1) is 5.92 Å². The quantitative estimate of drug-likeness (QED) is 0.764. The first-order chi connectivity index (χ1) is 8.60. The highest BCUT2D eigenvalue weighted by Gasteiger charge is 2.37. The van der Waals surface area contributed by atoms with Gasteiger partial charge in [0.15, 0.2) is 0 Å². The van der Waals surface area contributed by atoms with Crippen LogP contribution in [0.15, 0.2) is 0 Å². The van der Waals surface area contributed by atoms with Crippen molar-refractivity contribution >= 4 is 10.2 Å². The van der Waals surface area contributed by atoms with Crippen molar-refractivity contribution in [2.24, 2.45) is 11.7 Å². The minimum atomic E-state index is -3.54. The zero-order valence-electron chi connectivity index (χ0n) is 12.5. The summed E-state index contributed by atoms with van der Waals surface area (Å²) < 4.78 is 34.7. The molecule has 3 unspecified atom stereocenters. The van der Waals surface area contributed by atoms with E-state index in [-0.39, 0.29) is 24.7 Å². The molecule has 0 aromatic carbocycles. The first-order valence-electron chi connectivity index (χ1n) is 6.75. The third-order valence-corrected chi connectivity index (χ3v) is 5.49. The zero-order chi connectivity index (χ0) is 14.8. The van der Waals surface area contributed by atoms with Crippen molar-refractivity contribution < 1.29 is 13.2 Å². The lowest BCUT2D eigenvalue weighted by Gasteiger charge is -2.39. The molecule has 0 aromatic heterocycles. The van der Waals surface area contributed by atoms with Gasteiger partial charge in [-0.2, -0.15) is 17.4 Å². The van der Waals surface area contributed by atoms with E-state index in [0.717, 1.165) is 0 Å². The van der Waals surface area contributed by atoms with Gasteiger partial charge in [-0.05, 0) is 26.7 Å². The Labute approximate surface area is 116 Å². The average molecular weight is 293 g/mol. The van der Waals surface area contributed by atoms with Gasteiger partial charge in [0.25, 0.3) is 10.2 Å². The van der Waals surface area contributed by atoms with E-state index in [1.807, 2.05) is 34.6 Å². The highest BCUT2D eigenvalue weighted by atomic mass is 32.2. The molecule has 0 saturated carbocycles. The zero-order valence-corrected chi connectivity index (χ0v) is 13.3. The second-order valence-corrected chi connectivity index (χ2v) is 7.63. The maximum atomic E-state index is 12.5. The summed E-state index contributed by atoms with van der Waals surface area (Å²) in [6.45, 7) is 10.5. The Hall–Kier alpha value is -0.210. The number of ether oxygens (including phenoxy) is 1. The molecule has 1 aliphatic heterocycles. The summed E-state index contributed by atoms with van der Waals surface area (Å²) in [5, 5.41) is 0. The molecule has 0 amide bonds. The van der Waals surface area contributed by atoms with Crippen LogP contribution in [0.25, 0.3) is 0 Å². The second kappa shape index (κ2) is 6.05. The molecule has 1 heterocycles. The van der Waals surface area contributed by atoms with Crippen LogP contribution >= 0.6 is 0 Å². The number of nitrogens with zero attached hydrogens (tertiary/aromatic N) is 1. The molecule has 1 fully saturated rings. The fraction of sp³-hybridized carbons (Fsp3) is 1.00. The summed E-state index contributed by atoms with van der Waals surface area (Å²) in [4.78, 5) is 0.